The molecule has 5 heterocycles. The average molecular weight is 541 g/mol. The number of aryl methyl sites for hydroxylation is 2. The summed E-state index contributed by atoms with van der Waals surface area (Å²) < 4.78 is 13.3. The number of aromatic nitrogens is 7. The first-order valence-corrected chi connectivity index (χ1v) is 13.4. The molecule has 2 N–H and O–H groups in total. The van der Waals surface area contributed by atoms with Gasteiger partial charge < -0.3 is 19.6 Å². The summed E-state index contributed by atoms with van der Waals surface area (Å²) in [7, 11) is 1.93. The minimum atomic E-state index is -0.372. The van der Waals surface area contributed by atoms with Crippen LogP contribution in [-0.2, 0) is 12.5 Å². The number of hydrogen-bond acceptors (Lipinski definition) is 8. The lowest BCUT2D eigenvalue weighted by molar-refractivity contribution is 0.0921. The van der Waals surface area contributed by atoms with Crippen LogP contribution in [-0.4, -0.2) is 47.4 Å². The fraction of sp³-hybridized carbons (Fsp3) is 0.379. The van der Waals surface area contributed by atoms with E-state index >= 15 is 0 Å². The van der Waals surface area contributed by atoms with Crippen LogP contribution in [0.1, 0.15) is 73.1 Å². The first-order chi connectivity index (χ1) is 19.1. The Labute approximate surface area is 231 Å². The molecule has 1 aromatic carbocycles. The van der Waals surface area contributed by atoms with Crippen molar-refractivity contribution in [3.63, 3.8) is 0 Å². The van der Waals surface area contributed by atoms with Crippen molar-refractivity contribution in [3.8, 4) is 28.3 Å². The maximum atomic E-state index is 13.0. The van der Waals surface area contributed by atoms with E-state index in [1.165, 1.54) is 0 Å². The van der Waals surface area contributed by atoms with Crippen LogP contribution in [0.2, 0.25) is 0 Å². The van der Waals surface area contributed by atoms with E-state index < -0.39 is 0 Å². The second-order valence-corrected chi connectivity index (χ2v) is 11.3. The van der Waals surface area contributed by atoms with Gasteiger partial charge in [-0.2, -0.15) is 10.1 Å². The Kier molecular flexibility index (Phi) is 6.16. The van der Waals surface area contributed by atoms with Crippen LogP contribution in [0, 0.1) is 13.8 Å². The van der Waals surface area contributed by atoms with E-state index in [9.17, 15) is 4.79 Å². The van der Waals surface area contributed by atoms with E-state index in [0.717, 1.165) is 63.6 Å². The third-order valence-electron chi connectivity index (χ3n) is 7.31. The number of hydrogen-bond donors (Lipinski definition) is 2. The number of carbonyl (C=O) groups excluding carboxylic acids is 1. The normalized spacial score (nSPS) is 15.5. The molecule has 0 radical (unpaired) electrons. The van der Waals surface area contributed by atoms with Crippen molar-refractivity contribution in [2.24, 2.45) is 7.05 Å². The molecular weight excluding hydrogens is 508 g/mol. The van der Waals surface area contributed by atoms with E-state index in [1.54, 1.807) is 6.20 Å². The maximum absolute atomic E-state index is 13.0. The number of fused-ring (bicyclic) bond motifs is 2. The Balaban J connectivity index is 1.32. The van der Waals surface area contributed by atoms with Gasteiger partial charge in [0.1, 0.15) is 11.6 Å². The highest BCUT2D eigenvalue weighted by atomic mass is 16.5. The Morgan fingerprint density at radius 1 is 1.18 bits per heavy atom. The van der Waals surface area contributed by atoms with Gasteiger partial charge in [-0.15, -0.1) is 0 Å². The summed E-state index contributed by atoms with van der Waals surface area (Å²) in [5.41, 5.74) is 6.87. The molecule has 1 atom stereocenters. The molecular formula is C29H32N8O3. The Morgan fingerprint density at radius 2 is 2.00 bits per heavy atom. The standard InChI is InChI=1S/C29H32N8O3/c1-15-22(16(2)37(6)35-15)24-32-23-18(11-12-30-25(23)33-24)17-9-10-19-20(8-7-13-39-21(19)14-17)31-27(38)26-34-28(40-36-26)29(3,4)5/h9-12,14,20H,7-8,13H2,1-6H3,(H,31,38)(H,30,32,33). The molecule has 0 spiro atoms. The van der Waals surface area contributed by atoms with Gasteiger partial charge in [0, 0.05) is 35.5 Å². The minimum absolute atomic E-state index is 0.0292. The zero-order chi connectivity index (χ0) is 28.2. The van der Waals surface area contributed by atoms with Crippen molar-refractivity contribution in [2.45, 2.75) is 58.9 Å². The largest absolute Gasteiger partial charge is 0.493 e. The molecule has 1 aliphatic heterocycles. The number of pyridine rings is 1. The number of benzene rings is 1. The third-order valence-corrected chi connectivity index (χ3v) is 7.31. The predicted octanol–water partition coefficient (Wildman–Crippen LogP) is 4.97. The van der Waals surface area contributed by atoms with Crippen LogP contribution in [0.15, 0.2) is 35.0 Å². The first-order valence-electron chi connectivity index (χ1n) is 13.4. The van der Waals surface area contributed by atoms with Crippen molar-refractivity contribution in [1.82, 2.24) is 40.2 Å². The lowest BCUT2D eigenvalue weighted by Gasteiger charge is -2.18. The molecule has 206 valence electrons. The molecule has 40 heavy (non-hydrogen) atoms. The highest BCUT2D eigenvalue weighted by Gasteiger charge is 2.28. The van der Waals surface area contributed by atoms with Crippen LogP contribution >= 0.6 is 0 Å². The smallest absolute Gasteiger partial charge is 0.293 e. The van der Waals surface area contributed by atoms with E-state index in [-0.39, 0.29) is 23.2 Å². The van der Waals surface area contributed by atoms with Crippen LogP contribution in [0.3, 0.4) is 0 Å². The van der Waals surface area contributed by atoms with Gasteiger partial charge in [0.15, 0.2) is 5.65 Å². The fourth-order valence-corrected chi connectivity index (χ4v) is 5.12. The summed E-state index contributed by atoms with van der Waals surface area (Å²) in [6, 6.07) is 7.78. The van der Waals surface area contributed by atoms with Crippen LogP contribution in [0.4, 0.5) is 0 Å². The number of imidazole rings is 1. The van der Waals surface area contributed by atoms with Gasteiger partial charge in [0.25, 0.3) is 11.7 Å². The second kappa shape index (κ2) is 9.58. The van der Waals surface area contributed by atoms with Crippen molar-refractivity contribution in [2.75, 3.05) is 6.61 Å². The van der Waals surface area contributed by atoms with Gasteiger partial charge in [-0.1, -0.05) is 38.1 Å². The van der Waals surface area contributed by atoms with Crippen LogP contribution < -0.4 is 10.1 Å². The SMILES string of the molecule is Cc1nn(C)c(C)c1-c1nc2nccc(-c3ccc4c(c3)OCCCC4NC(=O)c3noc(C(C)(C)C)n3)c2[nH]1. The van der Waals surface area contributed by atoms with Crippen molar-refractivity contribution >= 4 is 17.1 Å². The molecule has 0 bridgehead atoms. The summed E-state index contributed by atoms with van der Waals surface area (Å²) >= 11 is 0. The predicted molar refractivity (Wildman–Crippen MR) is 149 cm³/mol. The summed E-state index contributed by atoms with van der Waals surface area (Å²) in [6.07, 6.45) is 3.29. The minimum Gasteiger partial charge on any atom is -0.493 e. The summed E-state index contributed by atoms with van der Waals surface area (Å²) in [4.78, 5) is 30.1. The van der Waals surface area contributed by atoms with E-state index in [2.05, 4.69) is 30.5 Å². The fourth-order valence-electron chi connectivity index (χ4n) is 5.12. The van der Waals surface area contributed by atoms with E-state index in [0.29, 0.717) is 18.1 Å². The molecule has 4 aromatic heterocycles. The molecule has 0 aliphatic carbocycles. The van der Waals surface area contributed by atoms with Crippen molar-refractivity contribution in [1.29, 1.82) is 0 Å². The number of nitrogens with zero attached hydrogens (tertiary/aromatic N) is 6. The molecule has 0 saturated carbocycles. The molecule has 11 heteroatoms. The van der Waals surface area contributed by atoms with Gasteiger partial charge >= 0.3 is 0 Å². The highest BCUT2D eigenvalue weighted by Crippen LogP contribution is 2.37. The molecule has 1 aliphatic rings. The third kappa shape index (κ3) is 4.51. The van der Waals surface area contributed by atoms with Gasteiger partial charge in [0.05, 0.1) is 29.4 Å². The number of amides is 1. The monoisotopic (exact) mass is 540 g/mol. The molecule has 1 amide bonds. The first kappa shape index (κ1) is 25.7. The van der Waals surface area contributed by atoms with Gasteiger partial charge in [-0.05, 0) is 44.4 Å². The Hall–Kier alpha value is -4.54. The average Bonchev–Trinajstić information content (AvgIpc) is 3.59. The van der Waals surface area contributed by atoms with Gasteiger partial charge in [-0.3, -0.25) is 9.48 Å². The lowest BCUT2D eigenvalue weighted by Crippen LogP contribution is -2.29. The summed E-state index contributed by atoms with van der Waals surface area (Å²) in [6.45, 7) is 10.4. The van der Waals surface area contributed by atoms with Crippen molar-refractivity contribution < 1.29 is 14.1 Å². The molecule has 6 rings (SSSR count). The topological polar surface area (TPSA) is 137 Å². The zero-order valence-corrected chi connectivity index (χ0v) is 23.5. The molecule has 0 fully saturated rings. The Morgan fingerprint density at radius 3 is 2.73 bits per heavy atom. The van der Waals surface area contributed by atoms with E-state index in [1.807, 2.05) is 70.6 Å². The van der Waals surface area contributed by atoms with E-state index in [4.69, 9.17) is 14.2 Å². The maximum Gasteiger partial charge on any atom is 0.293 e. The van der Waals surface area contributed by atoms with Gasteiger partial charge in [0.2, 0.25) is 5.89 Å². The lowest BCUT2D eigenvalue weighted by atomic mass is 9.97. The zero-order valence-electron chi connectivity index (χ0n) is 23.5. The molecule has 0 saturated heterocycles. The van der Waals surface area contributed by atoms with Crippen molar-refractivity contribution in [3.05, 3.63) is 59.1 Å². The summed E-state index contributed by atoms with van der Waals surface area (Å²) in [5, 5.41) is 11.5. The van der Waals surface area contributed by atoms with Crippen LogP contribution in [0.5, 0.6) is 5.75 Å². The number of aromatic amines is 1. The molecule has 1 unspecified atom stereocenters. The van der Waals surface area contributed by atoms with Gasteiger partial charge in [-0.25, -0.2) is 9.97 Å². The number of rotatable bonds is 4. The second-order valence-electron chi connectivity index (χ2n) is 11.3. The quantitative estimate of drug-likeness (QED) is 0.326. The summed E-state index contributed by atoms with van der Waals surface area (Å²) in [5.74, 6) is 1.55. The van der Waals surface area contributed by atoms with Crippen LogP contribution in [0.25, 0.3) is 33.7 Å². The molecule has 11 nitrogen and oxygen atoms in total. The number of nitrogens with one attached hydrogen (secondary N) is 2. The Bertz CT molecular complexity index is 1740. The molecule has 5 aromatic rings. The highest BCUT2D eigenvalue weighted by molar-refractivity contribution is 5.92. The number of ether oxygens (including phenoxy) is 1. The number of H-pyrrole nitrogens is 1. The number of carbonyl (C=O) groups is 1.